The second-order valence-electron chi connectivity index (χ2n) is 3.98. The van der Waals surface area contributed by atoms with Crippen molar-refractivity contribution in [3.8, 4) is 0 Å². The monoisotopic (exact) mass is 275 g/mol. The molecule has 0 aliphatic heterocycles. The molecule has 90 valence electrons. The van der Waals surface area contributed by atoms with Gasteiger partial charge in [0.2, 0.25) is 0 Å². The summed E-state index contributed by atoms with van der Waals surface area (Å²) in [7, 11) is 0. The molecule has 0 unspecified atom stereocenters. The zero-order chi connectivity index (χ0) is 12.5. The molecule has 0 saturated carbocycles. The molecule has 1 aromatic carbocycles. The number of fused-ring (bicyclic) bond motifs is 1. The lowest BCUT2D eigenvalue weighted by molar-refractivity contribution is 1.11. The van der Waals surface area contributed by atoms with Gasteiger partial charge in [0.05, 0.1) is 0 Å². The van der Waals surface area contributed by atoms with Crippen LogP contribution in [0.4, 0.5) is 5.82 Å². The van der Waals surface area contributed by atoms with Gasteiger partial charge in [0.1, 0.15) is 5.82 Å². The van der Waals surface area contributed by atoms with Crippen LogP contribution >= 0.6 is 22.9 Å². The molecule has 0 atom stereocenters. The van der Waals surface area contributed by atoms with E-state index in [4.69, 9.17) is 17.3 Å². The van der Waals surface area contributed by atoms with Gasteiger partial charge < -0.3 is 5.73 Å². The highest BCUT2D eigenvalue weighted by Gasteiger charge is 2.06. The van der Waals surface area contributed by atoms with E-state index >= 15 is 0 Å². The number of halogens is 1. The molecule has 0 radical (unpaired) electrons. The zero-order valence-electron chi connectivity index (χ0n) is 9.43. The van der Waals surface area contributed by atoms with Gasteiger partial charge in [0.25, 0.3) is 0 Å². The van der Waals surface area contributed by atoms with E-state index in [1.807, 2.05) is 24.3 Å². The first kappa shape index (κ1) is 11.4. The molecule has 0 fully saturated rings. The van der Waals surface area contributed by atoms with E-state index in [1.165, 1.54) is 11.3 Å². The second-order valence-corrected chi connectivity index (χ2v) is 5.67. The highest BCUT2D eigenvalue weighted by Crippen LogP contribution is 2.24. The van der Waals surface area contributed by atoms with E-state index in [-0.39, 0.29) is 0 Å². The first-order chi connectivity index (χ1) is 8.72. The predicted molar refractivity (Wildman–Crippen MR) is 76.1 cm³/mol. The number of nitrogens with two attached hydrogens (primary N) is 1. The van der Waals surface area contributed by atoms with E-state index < -0.39 is 0 Å². The highest BCUT2D eigenvalue weighted by atomic mass is 35.5. The molecule has 2 N–H and O–H groups in total. The summed E-state index contributed by atoms with van der Waals surface area (Å²) in [6, 6.07) is 10.0. The lowest BCUT2D eigenvalue weighted by atomic mass is 10.1. The third-order valence-electron chi connectivity index (χ3n) is 2.70. The number of nitrogen functional groups attached to an aromatic ring is 1. The van der Waals surface area contributed by atoms with Crippen molar-refractivity contribution in [1.29, 1.82) is 0 Å². The lowest BCUT2D eigenvalue weighted by Gasteiger charge is -2.04. The number of nitrogens with zero attached hydrogens (tertiary/aromatic N) is 2. The van der Waals surface area contributed by atoms with Crippen LogP contribution in [-0.2, 0) is 6.42 Å². The van der Waals surface area contributed by atoms with Gasteiger partial charge in [0, 0.05) is 28.6 Å². The normalized spacial score (nSPS) is 10.9. The average molecular weight is 276 g/mol. The van der Waals surface area contributed by atoms with E-state index in [2.05, 4.69) is 16.0 Å². The number of aromatic nitrogens is 2. The van der Waals surface area contributed by atoms with Crippen molar-refractivity contribution in [3.05, 3.63) is 51.6 Å². The summed E-state index contributed by atoms with van der Waals surface area (Å²) in [6.07, 6.45) is 2.49. The van der Waals surface area contributed by atoms with Crippen LogP contribution in [0.5, 0.6) is 0 Å². The summed E-state index contributed by atoms with van der Waals surface area (Å²) in [5.41, 5.74) is 6.90. The van der Waals surface area contributed by atoms with Gasteiger partial charge in [-0.1, -0.05) is 35.9 Å². The molecular formula is C13H10ClN3S. The van der Waals surface area contributed by atoms with E-state index in [0.717, 1.165) is 21.3 Å². The smallest absolute Gasteiger partial charge is 0.183 e. The van der Waals surface area contributed by atoms with E-state index in [9.17, 15) is 0 Å². The number of rotatable bonds is 2. The molecule has 3 aromatic rings. The van der Waals surface area contributed by atoms with E-state index in [0.29, 0.717) is 16.7 Å². The summed E-state index contributed by atoms with van der Waals surface area (Å²) in [4.78, 5) is 9.53. The molecule has 3 rings (SSSR count). The topological polar surface area (TPSA) is 51.8 Å². The Kier molecular flexibility index (Phi) is 2.89. The van der Waals surface area contributed by atoms with Crippen LogP contribution in [0.3, 0.4) is 0 Å². The van der Waals surface area contributed by atoms with Crippen molar-refractivity contribution < 1.29 is 0 Å². The minimum atomic E-state index is 0.554. The van der Waals surface area contributed by atoms with Crippen molar-refractivity contribution in [3.63, 3.8) is 0 Å². The molecule has 0 amide bonds. The summed E-state index contributed by atoms with van der Waals surface area (Å²) >= 11 is 7.28. The third kappa shape index (κ3) is 2.17. The molecule has 2 heterocycles. The lowest BCUT2D eigenvalue weighted by Crippen LogP contribution is -1.97. The first-order valence-corrected chi connectivity index (χ1v) is 6.66. The number of hydrogen-bond acceptors (Lipinski definition) is 4. The quantitative estimate of drug-likeness (QED) is 0.778. The standard InChI is InChI=1S/C13H10ClN3S/c14-13-16-7-10(18-13)6-9-5-8-3-1-2-4-11(8)12(15)17-9/h1-5,7H,6H2,(H2,15,17). The Bertz CT molecular complexity index is 708. The largest absolute Gasteiger partial charge is 0.383 e. The zero-order valence-corrected chi connectivity index (χ0v) is 11.0. The molecule has 18 heavy (non-hydrogen) atoms. The van der Waals surface area contributed by atoms with Gasteiger partial charge in [-0.15, -0.1) is 11.3 Å². The van der Waals surface area contributed by atoms with Gasteiger partial charge >= 0.3 is 0 Å². The second kappa shape index (κ2) is 4.55. The van der Waals surface area contributed by atoms with Gasteiger partial charge in [0.15, 0.2) is 4.47 Å². The molecule has 0 saturated heterocycles. The Hall–Kier alpha value is -1.65. The fourth-order valence-electron chi connectivity index (χ4n) is 1.92. The maximum Gasteiger partial charge on any atom is 0.183 e. The van der Waals surface area contributed by atoms with Crippen LogP contribution in [0, 0.1) is 0 Å². The minimum Gasteiger partial charge on any atom is -0.383 e. The van der Waals surface area contributed by atoms with Crippen LogP contribution in [0.25, 0.3) is 10.8 Å². The maximum atomic E-state index is 5.97. The number of pyridine rings is 1. The Morgan fingerprint density at radius 1 is 1.28 bits per heavy atom. The Morgan fingerprint density at radius 2 is 2.11 bits per heavy atom. The molecule has 0 aliphatic rings. The van der Waals surface area contributed by atoms with E-state index in [1.54, 1.807) is 6.20 Å². The average Bonchev–Trinajstić information content (AvgIpc) is 2.75. The summed E-state index contributed by atoms with van der Waals surface area (Å²) in [5.74, 6) is 0.568. The number of hydrogen-bond donors (Lipinski definition) is 1. The third-order valence-corrected chi connectivity index (χ3v) is 3.82. The van der Waals surface area contributed by atoms with Gasteiger partial charge in [-0.25, -0.2) is 9.97 Å². The van der Waals surface area contributed by atoms with Crippen LogP contribution in [-0.4, -0.2) is 9.97 Å². The predicted octanol–water partition coefficient (Wildman–Crippen LogP) is 3.52. The van der Waals surface area contributed by atoms with Gasteiger partial charge in [-0.2, -0.15) is 0 Å². The van der Waals surface area contributed by atoms with Gasteiger partial charge in [-0.3, -0.25) is 0 Å². The van der Waals surface area contributed by atoms with Crippen molar-refractivity contribution >= 4 is 39.5 Å². The highest BCUT2D eigenvalue weighted by molar-refractivity contribution is 7.15. The fraction of sp³-hybridized carbons (Fsp3) is 0.0769. The maximum absolute atomic E-state index is 5.97. The van der Waals surface area contributed by atoms with Crippen LogP contribution in [0.1, 0.15) is 10.6 Å². The molecule has 2 aromatic heterocycles. The van der Waals surface area contributed by atoms with Crippen molar-refractivity contribution in [2.75, 3.05) is 5.73 Å². The SMILES string of the molecule is Nc1nc(Cc2cnc(Cl)s2)cc2ccccc12. The van der Waals surface area contributed by atoms with Crippen molar-refractivity contribution in [2.45, 2.75) is 6.42 Å². The summed E-state index contributed by atoms with van der Waals surface area (Å²) in [5, 5.41) is 2.10. The summed E-state index contributed by atoms with van der Waals surface area (Å²) < 4.78 is 0.554. The number of anilines is 1. The van der Waals surface area contributed by atoms with Gasteiger partial charge in [-0.05, 0) is 11.5 Å². The number of benzene rings is 1. The molecular weight excluding hydrogens is 266 g/mol. The van der Waals surface area contributed by atoms with Crippen molar-refractivity contribution in [1.82, 2.24) is 9.97 Å². The molecule has 0 bridgehead atoms. The Balaban J connectivity index is 2.02. The first-order valence-electron chi connectivity index (χ1n) is 5.47. The Labute approximate surface area is 113 Å². The molecule has 3 nitrogen and oxygen atoms in total. The fourth-order valence-corrected chi connectivity index (χ4v) is 2.91. The van der Waals surface area contributed by atoms with Crippen LogP contribution in [0.2, 0.25) is 4.47 Å². The molecule has 0 aliphatic carbocycles. The molecule has 0 spiro atoms. The van der Waals surface area contributed by atoms with Crippen LogP contribution in [0.15, 0.2) is 36.5 Å². The minimum absolute atomic E-state index is 0.554. The van der Waals surface area contributed by atoms with Crippen molar-refractivity contribution in [2.24, 2.45) is 0 Å². The number of thiazole rings is 1. The Morgan fingerprint density at radius 3 is 2.89 bits per heavy atom. The summed E-state index contributed by atoms with van der Waals surface area (Å²) in [6.45, 7) is 0. The van der Waals surface area contributed by atoms with Crippen LogP contribution < -0.4 is 5.73 Å². The molecule has 5 heteroatoms.